The second-order valence-electron chi connectivity index (χ2n) is 4.58. The first-order valence-electron chi connectivity index (χ1n) is 6.27. The number of Topliss-reactive ketones (excluding diaryl/α,β-unsaturated/α-hetero) is 1. The minimum atomic E-state index is -1.27. The Balaban J connectivity index is 2.20. The lowest BCUT2D eigenvalue weighted by molar-refractivity contribution is -0.147. The number of carbonyl (C=O) groups excluding carboxylic acids is 3. The zero-order valence-electron chi connectivity index (χ0n) is 10.7. The summed E-state index contributed by atoms with van der Waals surface area (Å²) in [7, 11) is 0. The van der Waals surface area contributed by atoms with Gasteiger partial charge in [0.2, 0.25) is 5.91 Å². The lowest BCUT2D eigenvalue weighted by atomic mass is 9.89. The van der Waals surface area contributed by atoms with E-state index >= 15 is 0 Å². The number of carbonyl (C=O) groups is 3. The monoisotopic (exact) mass is 279 g/mol. The number of amides is 1. The van der Waals surface area contributed by atoms with Crippen LogP contribution < -0.4 is 5.32 Å². The van der Waals surface area contributed by atoms with Crippen molar-refractivity contribution in [2.24, 2.45) is 5.92 Å². The Hall–Kier alpha value is -2.24. The summed E-state index contributed by atoms with van der Waals surface area (Å²) in [4.78, 5) is 34.0. The molecular weight excluding hydrogens is 265 g/mol. The van der Waals surface area contributed by atoms with Crippen LogP contribution in [0.15, 0.2) is 24.3 Å². The fourth-order valence-corrected chi connectivity index (χ4v) is 2.23. The summed E-state index contributed by atoms with van der Waals surface area (Å²) in [5.74, 6) is -1.60. The highest BCUT2D eigenvalue weighted by atomic mass is 19.1. The summed E-state index contributed by atoms with van der Waals surface area (Å²) in [5, 5.41) is 2.58. The Kier molecular flexibility index (Phi) is 4.45. The maximum Gasteiger partial charge on any atom is 0.294 e. The van der Waals surface area contributed by atoms with Crippen LogP contribution in [0.5, 0.6) is 0 Å². The number of hydrogen-bond donors (Lipinski definition) is 1. The van der Waals surface area contributed by atoms with Crippen molar-refractivity contribution in [2.75, 3.05) is 6.54 Å². The molecule has 1 aliphatic rings. The van der Waals surface area contributed by atoms with E-state index in [1.807, 2.05) is 0 Å². The molecule has 2 unspecified atom stereocenters. The van der Waals surface area contributed by atoms with Gasteiger partial charge in [0.1, 0.15) is 5.82 Å². The zero-order valence-corrected chi connectivity index (χ0v) is 10.7. The van der Waals surface area contributed by atoms with Gasteiger partial charge in [0, 0.05) is 24.4 Å². The predicted molar refractivity (Wildman–Crippen MR) is 67.0 cm³/mol. The maximum absolute atomic E-state index is 13.7. The normalized spacial score (nSPS) is 19.9. The van der Waals surface area contributed by atoms with Crippen molar-refractivity contribution in [3.05, 3.63) is 35.6 Å². The molecule has 1 heterocycles. The van der Waals surface area contributed by atoms with E-state index in [0.717, 1.165) is 0 Å². The van der Waals surface area contributed by atoms with Crippen molar-refractivity contribution in [1.82, 2.24) is 5.32 Å². The molecule has 1 fully saturated rings. The number of piperidine rings is 1. The van der Waals surface area contributed by atoms with E-state index < -0.39 is 23.6 Å². The van der Waals surface area contributed by atoms with E-state index in [0.29, 0.717) is 6.42 Å². The predicted octanol–water partition coefficient (Wildman–Crippen LogP) is 1.14. The molecule has 1 saturated heterocycles. The molecule has 0 saturated carbocycles. The first-order chi connectivity index (χ1) is 9.63. The number of hydrogen-bond acceptors (Lipinski definition) is 4. The maximum atomic E-state index is 13.7. The van der Waals surface area contributed by atoms with Gasteiger partial charge in [-0.25, -0.2) is 4.39 Å². The summed E-state index contributed by atoms with van der Waals surface area (Å²) >= 11 is 0. The third-order valence-electron chi connectivity index (χ3n) is 3.31. The van der Waals surface area contributed by atoms with Gasteiger partial charge in [-0.15, -0.1) is 0 Å². The van der Waals surface area contributed by atoms with Crippen LogP contribution in [0.2, 0.25) is 0 Å². The number of ketones is 1. The average molecular weight is 279 g/mol. The summed E-state index contributed by atoms with van der Waals surface area (Å²) in [6.45, 7) is 0.321. The topological polar surface area (TPSA) is 72.5 Å². The second-order valence-corrected chi connectivity index (χ2v) is 4.58. The molecule has 6 heteroatoms. The molecule has 0 radical (unpaired) electrons. The van der Waals surface area contributed by atoms with Gasteiger partial charge in [-0.05, 0) is 12.5 Å². The SMILES string of the molecule is O=COC(C(=O)C1CCC(=O)NC1)c1ccccc1F. The Morgan fingerprint density at radius 3 is 2.80 bits per heavy atom. The van der Waals surface area contributed by atoms with Gasteiger partial charge >= 0.3 is 0 Å². The van der Waals surface area contributed by atoms with Gasteiger partial charge < -0.3 is 10.1 Å². The zero-order chi connectivity index (χ0) is 14.5. The van der Waals surface area contributed by atoms with Crippen LogP contribution in [0.4, 0.5) is 4.39 Å². The van der Waals surface area contributed by atoms with Crippen molar-refractivity contribution in [3.63, 3.8) is 0 Å². The van der Waals surface area contributed by atoms with Crippen LogP contribution in [0, 0.1) is 11.7 Å². The molecule has 106 valence electrons. The van der Waals surface area contributed by atoms with Crippen molar-refractivity contribution >= 4 is 18.2 Å². The van der Waals surface area contributed by atoms with Crippen LogP contribution in [0.25, 0.3) is 0 Å². The number of rotatable bonds is 5. The minimum Gasteiger partial charge on any atom is -0.451 e. The summed E-state index contributed by atoms with van der Waals surface area (Å²) < 4.78 is 18.5. The second kappa shape index (κ2) is 6.27. The van der Waals surface area contributed by atoms with E-state index in [-0.39, 0.29) is 30.9 Å². The third-order valence-corrected chi connectivity index (χ3v) is 3.31. The van der Waals surface area contributed by atoms with Crippen LogP contribution in [-0.2, 0) is 19.1 Å². The molecule has 1 N–H and O–H groups in total. The lowest BCUT2D eigenvalue weighted by Crippen LogP contribution is -2.40. The summed E-state index contributed by atoms with van der Waals surface area (Å²) in [5.41, 5.74) is 0.0292. The van der Waals surface area contributed by atoms with Crippen molar-refractivity contribution < 1.29 is 23.5 Å². The third kappa shape index (κ3) is 3.01. The first kappa shape index (κ1) is 14.2. The van der Waals surface area contributed by atoms with Gasteiger partial charge in [-0.3, -0.25) is 14.4 Å². The number of ether oxygens (including phenoxy) is 1. The highest BCUT2D eigenvalue weighted by Gasteiger charge is 2.33. The molecule has 1 aliphatic heterocycles. The lowest BCUT2D eigenvalue weighted by Gasteiger charge is -2.25. The number of benzene rings is 1. The Bertz CT molecular complexity index is 522. The quantitative estimate of drug-likeness (QED) is 0.820. The molecule has 1 aromatic rings. The van der Waals surface area contributed by atoms with Crippen molar-refractivity contribution in [2.45, 2.75) is 18.9 Å². The summed E-state index contributed by atoms with van der Waals surface area (Å²) in [6.07, 6.45) is -0.659. The largest absolute Gasteiger partial charge is 0.451 e. The number of nitrogens with one attached hydrogen (secondary N) is 1. The van der Waals surface area contributed by atoms with Gasteiger partial charge in [0.15, 0.2) is 11.9 Å². The smallest absolute Gasteiger partial charge is 0.294 e. The molecule has 2 rings (SSSR count). The molecular formula is C14H14FNO4. The molecule has 1 aromatic carbocycles. The molecule has 0 bridgehead atoms. The standard InChI is InChI=1S/C14H14FNO4/c15-11-4-2-1-3-10(11)14(20-8-17)13(19)9-5-6-12(18)16-7-9/h1-4,8-9,14H,5-7H2,(H,16,18). The fraction of sp³-hybridized carbons (Fsp3) is 0.357. The van der Waals surface area contributed by atoms with E-state index in [9.17, 15) is 18.8 Å². The average Bonchev–Trinajstić information content (AvgIpc) is 2.46. The Labute approximate surface area is 115 Å². The fourth-order valence-electron chi connectivity index (χ4n) is 2.23. The van der Waals surface area contributed by atoms with Crippen molar-refractivity contribution in [1.29, 1.82) is 0 Å². The van der Waals surface area contributed by atoms with E-state index in [2.05, 4.69) is 5.32 Å². The van der Waals surface area contributed by atoms with Gasteiger partial charge in [-0.1, -0.05) is 18.2 Å². The van der Waals surface area contributed by atoms with Crippen LogP contribution in [-0.4, -0.2) is 24.7 Å². The highest BCUT2D eigenvalue weighted by Crippen LogP contribution is 2.26. The van der Waals surface area contributed by atoms with Crippen LogP contribution in [0.1, 0.15) is 24.5 Å². The highest BCUT2D eigenvalue weighted by molar-refractivity contribution is 5.89. The molecule has 1 amide bonds. The van der Waals surface area contributed by atoms with Crippen LogP contribution in [0.3, 0.4) is 0 Å². The van der Waals surface area contributed by atoms with Gasteiger partial charge in [-0.2, -0.15) is 0 Å². The molecule has 0 spiro atoms. The minimum absolute atomic E-state index is 0.0292. The molecule has 20 heavy (non-hydrogen) atoms. The van der Waals surface area contributed by atoms with Gasteiger partial charge in [0.05, 0.1) is 0 Å². The van der Waals surface area contributed by atoms with Crippen LogP contribution >= 0.6 is 0 Å². The van der Waals surface area contributed by atoms with E-state index in [1.165, 1.54) is 18.2 Å². The molecule has 5 nitrogen and oxygen atoms in total. The summed E-state index contributed by atoms with van der Waals surface area (Å²) in [6, 6.07) is 5.66. The Morgan fingerprint density at radius 2 is 2.20 bits per heavy atom. The van der Waals surface area contributed by atoms with E-state index in [1.54, 1.807) is 6.07 Å². The van der Waals surface area contributed by atoms with Crippen molar-refractivity contribution in [3.8, 4) is 0 Å². The first-order valence-corrected chi connectivity index (χ1v) is 6.27. The van der Waals surface area contributed by atoms with E-state index in [4.69, 9.17) is 4.74 Å². The Morgan fingerprint density at radius 1 is 1.45 bits per heavy atom. The van der Waals surface area contributed by atoms with Gasteiger partial charge in [0.25, 0.3) is 6.47 Å². The molecule has 2 atom stereocenters. The number of halogens is 1. The molecule has 0 aromatic heterocycles. The molecule has 0 aliphatic carbocycles.